The van der Waals surface area contributed by atoms with Crippen LogP contribution in [0.5, 0.6) is 5.75 Å². The fourth-order valence-corrected chi connectivity index (χ4v) is 3.47. The molecule has 156 valence electrons. The summed E-state index contributed by atoms with van der Waals surface area (Å²) in [4.78, 5) is 9.01. The summed E-state index contributed by atoms with van der Waals surface area (Å²) < 4.78 is 6.06. The lowest BCUT2D eigenvalue weighted by atomic mass is 10.1. The SMILES string of the molecule is Cc1ccc(Nc2nc(Nc3ccc(OC4CCNCC4)cc3)ncc2C)cc1Cl. The summed E-state index contributed by atoms with van der Waals surface area (Å²) >= 11 is 6.23. The summed E-state index contributed by atoms with van der Waals surface area (Å²) in [6.45, 7) is 5.97. The van der Waals surface area contributed by atoms with Crippen LogP contribution in [0, 0.1) is 13.8 Å². The first kappa shape index (κ1) is 20.4. The normalized spacial score (nSPS) is 14.4. The number of ether oxygens (including phenoxy) is 1. The zero-order chi connectivity index (χ0) is 20.9. The molecule has 0 amide bonds. The Labute approximate surface area is 182 Å². The van der Waals surface area contributed by atoms with Gasteiger partial charge >= 0.3 is 0 Å². The minimum atomic E-state index is 0.286. The van der Waals surface area contributed by atoms with Crippen LogP contribution in [0.2, 0.25) is 5.02 Å². The second-order valence-electron chi connectivity index (χ2n) is 7.53. The number of halogens is 1. The maximum Gasteiger partial charge on any atom is 0.229 e. The van der Waals surface area contributed by atoms with Crippen molar-refractivity contribution in [1.29, 1.82) is 0 Å². The molecule has 3 aromatic rings. The number of aryl methyl sites for hydroxylation is 2. The Morgan fingerprint density at radius 1 is 0.967 bits per heavy atom. The predicted octanol–water partition coefficient (Wildman–Crippen LogP) is 5.36. The summed E-state index contributed by atoms with van der Waals surface area (Å²) in [5.41, 5.74) is 3.78. The second-order valence-corrected chi connectivity index (χ2v) is 7.94. The van der Waals surface area contributed by atoms with Crippen molar-refractivity contribution in [3.05, 3.63) is 64.8 Å². The van der Waals surface area contributed by atoms with Gasteiger partial charge < -0.3 is 20.7 Å². The van der Waals surface area contributed by atoms with Crippen molar-refractivity contribution in [1.82, 2.24) is 15.3 Å². The Kier molecular flexibility index (Phi) is 6.35. The molecule has 1 aromatic heterocycles. The van der Waals surface area contributed by atoms with E-state index in [-0.39, 0.29) is 6.10 Å². The van der Waals surface area contributed by atoms with Crippen molar-refractivity contribution in [3.63, 3.8) is 0 Å². The van der Waals surface area contributed by atoms with Gasteiger partial charge in [-0.15, -0.1) is 0 Å². The monoisotopic (exact) mass is 423 g/mol. The number of hydrogen-bond acceptors (Lipinski definition) is 6. The summed E-state index contributed by atoms with van der Waals surface area (Å²) in [7, 11) is 0. The Hall–Kier alpha value is -2.83. The first-order valence-electron chi connectivity index (χ1n) is 10.2. The summed E-state index contributed by atoms with van der Waals surface area (Å²) in [5, 5.41) is 10.6. The molecule has 7 heteroatoms. The van der Waals surface area contributed by atoms with Gasteiger partial charge in [-0.05, 0) is 81.7 Å². The molecule has 2 heterocycles. The van der Waals surface area contributed by atoms with Crippen molar-refractivity contribution < 1.29 is 4.74 Å². The van der Waals surface area contributed by atoms with Gasteiger partial charge in [-0.1, -0.05) is 17.7 Å². The van der Waals surface area contributed by atoms with Crippen molar-refractivity contribution >= 4 is 34.7 Å². The average molecular weight is 424 g/mol. The molecule has 2 aromatic carbocycles. The third-order valence-electron chi connectivity index (χ3n) is 5.11. The predicted molar refractivity (Wildman–Crippen MR) is 122 cm³/mol. The first-order chi connectivity index (χ1) is 14.6. The lowest BCUT2D eigenvalue weighted by molar-refractivity contribution is 0.162. The van der Waals surface area contributed by atoms with E-state index in [0.717, 1.165) is 65.0 Å². The minimum Gasteiger partial charge on any atom is -0.490 e. The number of nitrogens with one attached hydrogen (secondary N) is 3. The fraction of sp³-hybridized carbons (Fsp3) is 0.304. The van der Waals surface area contributed by atoms with E-state index in [1.807, 2.05) is 56.3 Å². The molecule has 1 saturated heterocycles. The van der Waals surface area contributed by atoms with Gasteiger partial charge in [0.1, 0.15) is 17.7 Å². The number of nitrogens with zero attached hydrogens (tertiary/aromatic N) is 2. The topological polar surface area (TPSA) is 71.1 Å². The Morgan fingerprint density at radius 2 is 1.70 bits per heavy atom. The molecular formula is C23H26ClN5O. The van der Waals surface area contributed by atoms with Crippen LogP contribution in [0.25, 0.3) is 0 Å². The van der Waals surface area contributed by atoms with Gasteiger partial charge in [0.15, 0.2) is 0 Å². The lowest BCUT2D eigenvalue weighted by Gasteiger charge is -2.23. The third kappa shape index (κ3) is 5.20. The highest BCUT2D eigenvalue weighted by molar-refractivity contribution is 6.31. The maximum atomic E-state index is 6.23. The highest BCUT2D eigenvalue weighted by Crippen LogP contribution is 2.25. The molecule has 0 saturated carbocycles. The highest BCUT2D eigenvalue weighted by Gasteiger charge is 2.14. The first-order valence-corrected chi connectivity index (χ1v) is 10.6. The van der Waals surface area contributed by atoms with Crippen LogP contribution in [0.1, 0.15) is 24.0 Å². The van der Waals surface area contributed by atoms with E-state index in [1.165, 1.54) is 0 Å². The molecule has 0 spiro atoms. The van der Waals surface area contributed by atoms with Gasteiger partial charge in [-0.25, -0.2) is 4.98 Å². The van der Waals surface area contributed by atoms with E-state index in [1.54, 1.807) is 6.20 Å². The third-order valence-corrected chi connectivity index (χ3v) is 5.51. The molecule has 0 unspecified atom stereocenters. The molecule has 1 fully saturated rings. The van der Waals surface area contributed by atoms with E-state index >= 15 is 0 Å². The van der Waals surface area contributed by atoms with Gasteiger partial charge in [-0.2, -0.15) is 4.98 Å². The number of benzene rings is 2. The quantitative estimate of drug-likeness (QED) is 0.495. The molecule has 6 nitrogen and oxygen atoms in total. The lowest BCUT2D eigenvalue weighted by Crippen LogP contribution is -2.34. The highest BCUT2D eigenvalue weighted by atomic mass is 35.5. The zero-order valence-corrected chi connectivity index (χ0v) is 18.0. The molecule has 4 rings (SSSR count). The number of rotatable bonds is 6. The van der Waals surface area contributed by atoms with E-state index in [0.29, 0.717) is 5.95 Å². The largest absolute Gasteiger partial charge is 0.490 e. The average Bonchev–Trinajstić information content (AvgIpc) is 2.75. The maximum absolute atomic E-state index is 6.23. The molecule has 1 aliphatic rings. The fourth-order valence-electron chi connectivity index (χ4n) is 3.29. The number of hydrogen-bond donors (Lipinski definition) is 3. The van der Waals surface area contributed by atoms with Gasteiger partial charge in [0.05, 0.1) is 0 Å². The van der Waals surface area contributed by atoms with E-state index in [4.69, 9.17) is 16.3 Å². The molecule has 1 aliphatic heterocycles. The molecule has 0 radical (unpaired) electrons. The van der Waals surface area contributed by atoms with Gasteiger partial charge in [0.2, 0.25) is 5.95 Å². The summed E-state index contributed by atoms with van der Waals surface area (Å²) in [5.74, 6) is 2.14. The van der Waals surface area contributed by atoms with Crippen molar-refractivity contribution in [2.24, 2.45) is 0 Å². The number of aromatic nitrogens is 2. The molecule has 0 bridgehead atoms. The minimum absolute atomic E-state index is 0.286. The van der Waals surface area contributed by atoms with Crippen LogP contribution in [-0.4, -0.2) is 29.2 Å². The van der Waals surface area contributed by atoms with Gasteiger partial charge in [0.25, 0.3) is 0 Å². The summed E-state index contributed by atoms with van der Waals surface area (Å²) in [6.07, 6.45) is 4.16. The molecule has 3 N–H and O–H groups in total. The van der Waals surface area contributed by atoms with Crippen LogP contribution in [0.15, 0.2) is 48.7 Å². The molecule has 0 atom stereocenters. The van der Waals surface area contributed by atoms with Crippen molar-refractivity contribution in [3.8, 4) is 5.75 Å². The number of anilines is 4. The van der Waals surface area contributed by atoms with Crippen LogP contribution >= 0.6 is 11.6 Å². The van der Waals surface area contributed by atoms with Crippen LogP contribution in [-0.2, 0) is 0 Å². The molecule has 0 aliphatic carbocycles. The zero-order valence-electron chi connectivity index (χ0n) is 17.2. The van der Waals surface area contributed by atoms with E-state index in [2.05, 4.69) is 25.9 Å². The Balaban J connectivity index is 1.42. The van der Waals surface area contributed by atoms with Gasteiger partial charge in [-0.3, -0.25) is 0 Å². The van der Waals surface area contributed by atoms with Crippen LogP contribution in [0.4, 0.5) is 23.1 Å². The van der Waals surface area contributed by atoms with E-state index < -0.39 is 0 Å². The Bertz CT molecular complexity index is 1000. The van der Waals surface area contributed by atoms with Crippen LogP contribution < -0.4 is 20.7 Å². The summed E-state index contributed by atoms with van der Waals surface area (Å²) in [6, 6.07) is 13.8. The smallest absolute Gasteiger partial charge is 0.229 e. The van der Waals surface area contributed by atoms with Crippen molar-refractivity contribution in [2.45, 2.75) is 32.8 Å². The number of piperidine rings is 1. The van der Waals surface area contributed by atoms with Crippen molar-refractivity contribution in [2.75, 3.05) is 23.7 Å². The van der Waals surface area contributed by atoms with Gasteiger partial charge in [0, 0.05) is 28.2 Å². The second kappa shape index (κ2) is 9.32. The van der Waals surface area contributed by atoms with E-state index in [9.17, 15) is 0 Å². The molecule has 30 heavy (non-hydrogen) atoms. The van der Waals surface area contributed by atoms with Crippen LogP contribution in [0.3, 0.4) is 0 Å². The Morgan fingerprint density at radius 3 is 2.43 bits per heavy atom. The standard InChI is InChI=1S/C23H26ClN5O/c1-15-3-4-18(13-21(15)24)27-22-16(2)14-26-23(29-22)28-17-5-7-19(8-6-17)30-20-9-11-25-12-10-20/h3-8,13-14,20,25H,9-12H2,1-2H3,(H2,26,27,28,29). The molecular weight excluding hydrogens is 398 g/mol.